The van der Waals surface area contributed by atoms with Crippen molar-refractivity contribution in [3.05, 3.63) is 48.5 Å². The molecule has 0 saturated carbocycles. The summed E-state index contributed by atoms with van der Waals surface area (Å²) >= 11 is 0. The van der Waals surface area contributed by atoms with Gasteiger partial charge in [-0.05, 0) is 30.3 Å². The van der Waals surface area contributed by atoms with Crippen LogP contribution >= 0.6 is 0 Å². The van der Waals surface area contributed by atoms with Crippen LogP contribution in [0.5, 0.6) is 11.5 Å². The van der Waals surface area contributed by atoms with Crippen LogP contribution in [0.25, 0.3) is 11.0 Å². The Morgan fingerprint density at radius 2 is 2.00 bits per heavy atom. The van der Waals surface area contributed by atoms with E-state index >= 15 is 0 Å². The predicted octanol–water partition coefficient (Wildman–Crippen LogP) is 5.24. The zero-order valence-corrected chi connectivity index (χ0v) is 18.2. The van der Waals surface area contributed by atoms with Crippen LogP contribution in [-0.2, 0) is 16.3 Å². The van der Waals surface area contributed by atoms with Crippen molar-refractivity contribution >= 4 is 30.7 Å². The summed E-state index contributed by atoms with van der Waals surface area (Å²) in [5.41, 5.74) is 1.09. The minimum absolute atomic E-state index is 0.0748. The number of halogens is 1. The van der Waals surface area contributed by atoms with Gasteiger partial charge in [0.25, 0.3) is 0 Å². The first kappa shape index (κ1) is 21.0. The molecule has 3 aromatic rings. The number of nitrogens with one attached hydrogen (secondary N) is 1. The number of anilines is 1. The van der Waals surface area contributed by atoms with Gasteiger partial charge in [0.1, 0.15) is 18.1 Å². The molecule has 1 amide bonds. The quantitative estimate of drug-likeness (QED) is 0.404. The van der Waals surface area contributed by atoms with Gasteiger partial charge < -0.3 is 19.4 Å². The summed E-state index contributed by atoms with van der Waals surface area (Å²) < 4.78 is 27.9. The highest BCUT2D eigenvalue weighted by Gasteiger charge is 2.14. The van der Waals surface area contributed by atoms with Gasteiger partial charge in [0.15, 0.2) is 11.6 Å². The number of pyridine rings is 1. The van der Waals surface area contributed by atoms with E-state index < -0.39 is 13.9 Å². The van der Waals surface area contributed by atoms with Crippen LogP contribution in [0.2, 0.25) is 25.7 Å². The van der Waals surface area contributed by atoms with Crippen molar-refractivity contribution in [3.63, 3.8) is 0 Å². The lowest BCUT2D eigenvalue weighted by Gasteiger charge is -2.15. The Kier molecular flexibility index (Phi) is 6.34. The van der Waals surface area contributed by atoms with Gasteiger partial charge in [0, 0.05) is 45.8 Å². The molecule has 1 N–H and O–H groups in total. The van der Waals surface area contributed by atoms with Crippen LogP contribution in [0.15, 0.2) is 42.7 Å². The summed E-state index contributed by atoms with van der Waals surface area (Å²) in [4.78, 5) is 15.5. The Balaban J connectivity index is 1.74. The molecule has 0 aliphatic carbocycles. The van der Waals surface area contributed by atoms with E-state index in [0.29, 0.717) is 23.8 Å². The Labute approximate surface area is 170 Å². The number of aromatic nitrogens is 2. The second-order valence-corrected chi connectivity index (χ2v) is 13.7. The second kappa shape index (κ2) is 8.75. The molecule has 3 rings (SSSR count). The van der Waals surface area contributed by atoms with E-state index in [2.05, 4.69) is 29.9 Å². The molecular weight excluding hydrogens is 389 g/mol. The number of ether oxygens (including phenoxy) is 2. The van der Waals surface area contributed by atoms with Crippen molar-refractivity contribution in [3.8, 4) is 11.5 Å². The molecule has 0 aliphatic rings. The number of benzene rings is 1. The van der Waals surface area contributed by atoms with Crippen LogP contribution in [-0.4, -0.2) is 30.1 Å². The molecule has 0 saturated heterocycles. The van der Waals surface area contributed by atoms with Gasteiger partial charge in [-0.1, -0.05) is 19.6 Å². The van der Waals surface area contributed by atoms with E-state index in [-0.39, 0.29) is 11.7 Å². The monoisotopic (exact) mass is 415 g/mol. The van der Waals surface area contributed by atoms with Gasteiger partial charge >= 0.3 is 0 Å². The van der Waals surface area contributed by atoms with Gasteiger partial charge in [-0.3, -0.25) is 4.79 Å². The highest BCUT2D eigenvalue weighted by molar-refractivity contribution is 6.76. The molecule has 2 heterocycles. The smallest absolute Gasteiger partial charge is 0.221 e. The van der Waals surface area contributed by atoms with Crippen molar-refractivity contribution < 1.29 is 18.7 Å². The fourth-order valence-corrected chi connectivity index (χ4v) is 3.54. The highest BCUT2D eigenvalue weighted by atomic mass is 28.3. The molecule has 1 aromatic carbocycles. The fourth-order valence-electron chi connectivity index (χ4n) is 2.78. The van der Waals surface area contributed by atoms with E-state index in [1.807, 2.05) is 16.8 Å². The molecule has 0 fully saturated rings. The maximum Gasteiger partial charge on any atom is 0.221 e. The van der Waals surface area contributed by atoms with E-state index in [1.165, 1.54) is 19.1 Å². The Bertz CT molecular complexity index is 1010. The lowest BCUT2D eigenvalue weighted by atomic mass is 10.2. The predicted molar refractivity (Wildman–Crippen MR) is 115 cm³/mol. The molecule has 0 radical (unpaired) electrons. The minimum atomic E-state index is -1.13. The summed E-state index contributed by atoms with van der Waals surface area (Å²) in [6, 6.07) is 8.98. The lowest BCUT2D eigenvalue weighted by molar-refractivity contribution is -0.114. The number of amides is 1. The molecule has 0 spiro atoms. The molecule has 6 nitrogen and oxygen atoms in total. The van der Waals surface area contributed by atoms with Gasteiger partial charge in [-0.25, -0.2) is 9.37 Å². The highest BCUT2D eigenvalue weighted by Crippen LogP contribution is 2.32. The molecule has 2 aromatic heterocycles. The van der Waals surface area contributed by atoms with Gasteiger partial charge in [-0.2, -0.15) is 0 Å². The van der Waals surface area contributed by atoms with Crippen molar-refractivity contribution in [1.82, 2.24) is 9.55 Å². The number of carbonyl (C=O) groups excluding carboxylic acids is 1. The molecule has 0 aliphatic heterocycles. The SMILES string of the molecule is CC(=O)Nc1ccc(Oc2ccnc3c2ccn3COCC[Si](C)(C)C)c(F)c1. The summed E-state index contributed by atoms with van der Waals surface area (Å²) in [7, 11) is -1.13. The number of rotatable bonds is 8. The van der Waals surface area contributed by atoms with Crippen molar-refractivity contribution in [2.24, 2.45) is 0 Å². The van der Waals surface area contributed by atoms with E-state index in [9.17, 15) is 9.18 Å². The van der Waals surface area contributed by atoms with Crippen LogP contribution in [0.4, 0.5) is 10.1 Å². The van der Waals surface area contributed by atoms with Gasteiger partial charge in [-0.15, -0.1) is 0 Å². The molecule has 0 bridgehead atoms. The molecular formula is C21H26FN3O3Si. The maximum absolute atomic E-state index is 14.4. The third-order valence-corrected chi connectivity index (χ3v) is 6.03. The second-order valence-electron chi connectivity index (χ2n) is 8.11. The maximum atomic E-state index is 14.4. The Morgan fingerprint density at radius 1 is 1.21 bits per heavy atom. The van der Waals surface area contributed by atoms with E-state index in [0.717, 1.165) is 18.0 Å². The molecule has 0 unspecified atom stereocenters. The lowest BCUT2D eigenvalue weighted by Crippen LogP contribution is -2.22. The van der Waals surface area contributed by atoms with Crippen LogP contribution in [0.1, 0.15) is 6.92 Å². The first-order chi connectivity index (χ1) is 13.7. The summed E-state index contributed by atoms with van der Waals surface area (Å²) in [6.45, 7) is 9.44. The number of carbonyl (C=O) groups is 1. The van der Waals surface area contributed by atoms with Crippen molar-refractivity contribution in [2.45, 2.75) is 39.3 Å². The third-order valence-electron chi connectivity index (χ3n) is 4.32. The Hall–Kier alpha value is -2.71. The summed E-state index contributed by atoms with van der Waals surface area (Å²) in [5, 5.41) is 3.31. The average Bonchev–Trinajstić information content (AvgIpc) is 3.04. The molecule has 29 heavy (non-hydrogen) atoms. The fraction of sp³-hybridized carbons (Fsp3) is 0.333. The van der Waals surface area contributed by atoms with Crippen molar-refractivity contribution in [2.75, 3.05) is 11.9 Å². The molecule has 0 atom stereocenters. The first-order valence-corrected chi connectivity index (χ1v) is 13.2. The first-order valence-electron chi connectivity index (χ1n) is 9.49. The van der Waals surface area contributed by atoms with Crippen LogP contribution < -0.4 is 10.1 Å². The molecule has 154 valence electrons. The normalized spacial score (nSPS) is 11.6. The topological polar surface area (TPSA) is 65.4 Å². The van der Waals surface area contributed by atoms with Crippen LogP contribution in [0, 0.1) is 5.82 Å². The largest absolute Gasteiger partial charge is 0.453 e. The summed E-state index contributed by atoms with van der Waals surface area (Å²) in [6.07, 6.45) is 3.51. The summed E-state index contributed by atoms with van der Waals surface area (Å²) in [5.74, 6) is -0.245. The van der Waals surface area contributed by atoms with Gasteiger partial charge in [0.2, 0.25) is 5.91 Å². The van der Waals surface area contributed by atoms with E-state index in [1.54, 1.807) is 18.3 Å². The number of hydrogen-bond donors (Lipinski definition) is 1. The molecule has 8 heteroatoms. The zero-order chi connectivity index (χ0) is 21.0. The number of hydrogen-bond acceptors (Lipinski definition) is 4. The van der Waals surface area contributed by atoms with Crippen LogP contribution in [0.3, 0.4) is 0 Å². The van der Waals surface area contributed by atoms with Crippen molar-refractivity contribution in [1.29, 1.82) is 0 Å². The number of fused-ring (bicyclic) bond motifs is 1. The standard InChI is InChI=1S/C21H26FN3O3Si/c1-15(26)24-16-5-6-20(18(22)13-16)28-19-7-9-23-21-17(19)8-10-25(21)14-27-11-12-29(2,3)4/h5-10,13H,11-12,14H2,1-4H3,(H,24,26). The number of nitrogens with zero attached hydrogens (tertiary/aromatic N) is 2. The third kappa shape index (κ3) is 5.64. The Morgan fingerprint density at radius 3 is 2.69 bits per heavy atom. The zero-order valence-electron chi connectivity index (χ0n) is 17.2. The average molecular weight is 416 g/mol. The van der Waals surface area contributed by atoms with E-state index in [4.69, 9.17) is 9.47 Å². The minimum Gasteiger partial charge on any atom is -0.453 e. The van der Waals surface area contributed by atoms with Gasteiger partial charge in [0.05, 0.1) is 5.39 Å².